The summed E-state index contributed by atoms with van der Waals surface area (Å²) in [4.78, 5) is 87.0. The number of carboxylic acid groups (broad SMARTS) is 1. The van der Waals surface area contributed by atoms with Crippen molar-refractivity contribution < 1.29 is 192 Å². The number of fused-ring (bicyclic) bond motifs is 7. The number of hydrogen-bond acceptors (Lipinski definition) is 36. The third-order valence-corrected chi connectivity index (χ3v) is 24.3. The van der Waals surface area contributed by atoms with E-state index in [2.05, 4.69) is 141 Å². The molecule has 0 spiro atoms. The largest absolute Gasteiger partial charge is 1.00 e. The van der Waals surface area contributed by atoms with E-state index < -0.39 is 37.3 Å². The van der Waals surface area contributed by atoms with Gasteiger partial charge in [0, 0.05) is 42.5 Å². The number of carbonyl (C=O) groups excluding carboxylic acids is 3. The number of carboxylic acids is 1. The van der Waals surface area contributed by atoms with Crippen molar-refractivity contribution in [3.05, 3.63) is 87.3 Å². The number of nitrogen functional groups attached to an aromatic ring is 7. The normalized spacial score (nSPS) is 15.1. The fourth-order valence-corrected chi connectivity index (χ4v) is 16.8. The zero-order valence-electron chi connectivity index (χ0n) is 77.0. The number of piperidine rings is 1. The third-order valence-electron chi connectivity index (χ3n) is 21.9. The summed E-state index contributed by atoms with van der Waals surface area (Å²) in [6, 6.07) is 17.2. The van der Waals surface area contributed by atoms with E-state index in [0.717, 1.165) is 114 Å². The van der Waals surface area contributed by atoms with Crippen molar-refractivity contribution in [1.29, 1.82) is 0 Å². The van der Waals surface area contributed by atoms with E-state index in [9.17, 15) is 31.1 Å². The summed E-state index contributed by atoms with van der Waals surface area (Å²) in [7, 11) is -0.396. The molecule has 136 heavy (non-hydrogen) atoms. The number of H-pyrrole nitrogens is 1. The van der Waals surface area contributed by atoms with Crippen LogP contribution in [0.15, 0.2) is 93.2 Å². The first kappa shape index (κ1) is 113. The molecule has 2 aliphatic heterocycles. The average molecular weight is 2240 g/mol. The number of hydrogen-bond donors (Lipinski definition) is 11. The number of halogens is 9. The summed E-state index contributed by atoms with van der Waals surface area (Å²) in [5.74, 6) is 1.16. The fraction of sp³-hybridized carbons (Fsp3) is 0.458. The molecule has 18 rings (SSSR count). The number of oxazole rings is 3. The number of esters is 1. The monoisotopic (exact) mass is 2240 g/mol. The Kier molecular flexibility index (Phi) is 42.9. The second kappa shape index (κ2) is 51.7. The van der Waals surface area contributed by atoms with Gasteiger partial charge in [-0.1, -0.05) is 60.5 Å². The number of rotatable bonds is 16. The van der Waals surface area contributed by atoms with Crippen molar-refractivity contribution in [3.63, 3.8) is 0 Å². The van der Waals surface area contributed by atoms with Gasteiger partial charge in [-0.3, -0.25) is 19.5 Å². The molecular formula is C83H104BBrF6I2K2N28O13. The molecule has 1 unspecified atom stereocenters. The van der Waals surface area contributed by atoms with Gasteiger partial charge in [-0.15, -0.1) is 0 Å². The van der Waals surface area contributed by atoms with Gasteiger partial charge < -0.3 is 95.2 Å². The number of aldehydes is 1. The summed E-state index contributed by atoms with van der Waals surface area (Å²) >= 11 is 7.82. The molecule has 13 heterocycles. The number of anilines is 7. The van der Waals surface area contributed by atoms with Gasteiger partial charge in [0.1, 0.15) is 89.5 Å². The smallest absolute Gasteiger partial charge is 1.00 e. The Balaban J connectivity index is 0.000000224. The van der Waals surface area contributed by atoms with E-state index in [1.54, 1.807) is 10.7 Å². The van der Waals surface area contributed by atoms with Crippen LogP contribution in [0.4, 0.5) is 67.7 Å². The molecule has 722 valence electrons. The number of ether oxygens (including phenoxy) is 1. The molecule has 2 aliphatic carbocycles. The number of carbonyl (C=O) groups is 4. The molecule has 1 atom stereocenters. The van der Waals surface area contributed by atoms with Crippen LogP contribution < -0.4 is 165 Å². The van der Waals surface area contributed by atoms with E-state index in [0.29, 0.717) is 111 Å². The summed E-state index contributed by atoms with van der Waals surface area (Å²) < 4.78 is 104. The number of nitrogens with one attached hydrogen (secondary N) is 2. The Labute approximate surface area is 896 Å². The van der Waals surface area contributed by atoms with Crippen LogP contribution in [0.2, 0.25) is 0 Å². The first-order valence-electron chi connectivity index (χ1n) is 42.3. The predicted molar refractivity (Wildman–Crippen MR) is 509 cm³/mol. The Morgan fingerprint density at radius 1 is 0.610 bits per heavy atom. The van der Waals surface area contributed by atoms with Crippen LogP contribution in [-0.2, 0) is 57.7 Å². The number of aromatic amines is 1. The standard InChI is InChI=1S/C23H30N8O3.C18H20N8O.C13H17BN2O3.C12H16IN5.C7H13Br.C5H4IN5.C2HF3O2.C2HF3O.CH2O3.2K.H/c1-23(2,3)34-17(32)7-4-13(8-9-24)11-31-21-18(20(25)27-12-28-21)19(30-31)14-5-6-16-15(10-14)29-22(26)33-16;19-16-14-15(11-1-2-13-12(7-11)24-18(20)27-13)25-26(17(14)23-9-22-16)8-10-3-5-21-6-4-10;1-12(2)13(3,4)19-14(18-12)8-5-6-10-9(7-8)16-11(15)17-10;13-10-9-11(14)15-7-16-12(9)18(17-10)6-8-4-2-1-3-5-8;8-6-7-4-2-1-3-5-7;6-3-2-4(7)8-1-9-5(2)11-10-3;3-2(4,5)1(6)7;3-2(4,5)1-6;2-1-4-3;;;/h5-6,10,12-13H,4,7-9,11,24H2,1-3H3,(H2,26,29)(H2,25,27,28);1-2,7,9-10,21H,3-6,8H2,(H2,20,24)(H2,19,22,23);5-7H,1-4H3,(H2,15,16);7-8H,1-6H2,(H2,14,15,16);7H,1-6H2;1H,(H3,7,8,9,10,11);(H,6,7);1H;1,3H;;;/q;;;;;;;;;2*+1;-1/p-1. The number of alkyl halides is 7. The number of nitrogens with two attached hydrogens (primary N) is 8. The van der Waals surface area contributed by atoms with E-state index in [4.69, 9.17) is 108 Å². The van der Waals surface area contributed by atoms with Crippen molar-refractivity contribution in [2.45, 2.75) is 194 Å². The number of benzene rings is 3. The van der Waals surface area contributed by atoms with Gasteiger partial charge in [-0.05, 0) is 242 Å². The van der Waals surface area contributed by atoms with E-state index in [-0.39, 0.29) is 152 Å². The molecule has 2 saturated heterocycles. The Hall–Kier alpha value is -8.39. The molecule has 11 aromatic heterocycles. The Morgan fingerprint density at radius 2 is 1.02 bits per heavy atom. The van der Waals surface area contributed by atoms with E-state index in [1.807, 2.05) is 106 Å². The molecule has 41 nitrogen and oxygen atoms in total. The van der Waals surface area contributed by atoms with Gasteiger partial charge >= 0.3 is 134 Å². The molecule has 3 aromatic carbocycles. The van der Waals surface area contributed by atoms with Crippen LogP contribution in [0.5, 0.6) is 0 Å². The van der Waals surface area contributed by atoms with E-state index in [1.165, 1.54) is 94.8 Å². The maximum atomic E-state index is 12.2. The van der Waals surface area contributed by atoms with Crippen LogP contribution >= 0.6 is 61.1 Å². The molecule has 4 aliphatic rings. The zero-order valence-corrected chi connectivity index (χ0v) is 88.2. The molecule has 4 fully saturated rings. The molecule has 0 radical (unpaired) electrons. The molecule has 2 saturated carbocycles. The topological polar surface area (TPSA) is 632 Å². The van der Waals surface area contributed by atoms with Crippen molar-refractivity contribution in [3.8, 4) is 22.5 Å². The molecule has 14 aromatic rings. The van der Waals surface area contributed by atoms with Gasteiger partial charge in [0.25, 0.3) is 24.5 Å². The molecular weight excluding hydrogens is 2130 g/mol. The van der Waals surface area contributed by atoms with Crippen LogP contribution in [0.3, 0.4) is 0 Å². The van der Waals surface area contributed by atoms with Gasteiger partial charge in [0.05, 0.1) is 32.7 Å². The Bertz CT molecular complexity index is 6280. The first-order chi connectivity index (χ1) is 63.5. The predicted octanol–water partition coefficient (Wildman–Crippen LogP) is 6.42. The van der Waals surface area contributed by atoms with Gasteiger partial charge in [-0.25, -0.2) is 58.7 Å². The van der Waals surface area contributed by atoms with Gasteiger partial charge in [-0.2, -0.15) is 61.7 Å². The van der Waals surface area contributed by atoms with Crippen LogP contribution in [-0.4, -0.2) is 185 Å². The van der Waals surface area contributed by atoms with Crippen molar-refractivity contribution in [2.75, 3.05) is 65.1 Å². The van der Waals surface area contributed by atoms with Crippen LogP contribution in [0.25, 0.3) is 99.9 Å². The quantitative estimate of drug-likeness (QED) is 0.00726. The van der Waals surface area contributed by atoms with Gasteiger partial charge in [0.15, 0.2) is 39.3 Å². The minimum absolute atomic E-state index is 0. The van der Waals surface area contributed by atoms with Crippen molar-refractivity contribution >= 4 is 217 Å². The van der Waals surface area contributed by atoms with Crippen molar-refractivity contribution in [2.24, 2.45) is 29.4 Å². The summed E-state index contributed by atoms with van der Waals surface area (Å²) in [5.41, 5.74) is 56.2. The molecule has 0 bridgehead atoms. The van der Waals surface area contributed by atoms with Gasteiger partial charge in [0.2, 0.25) is 6.29 Å². The molecule has 53 heteroatoms. The number of aromatic nitrogens is 19. The van der Waals surface area contributed by atoms with Crippen molar-refractivity contribution in [1.82, 2.24) is 99.7 Å². The fourth-order valence-electron chi connectivity index (χ4n) is 14.7. The third kappa shape index (κ3) is 31.8. The summed E-state index contributed by atoms with van der Waals surface area (Å²) in [6.45, 7) is 18.4. The zero-order chi connectivity index (χ0) is 97.6. The molecule has 0 amide bonds. The SMILES string of the molecule is BrCC1CCCCC1.CC(C)(C)OC(=O)CCC(CCN)Cn1nc(-c2ccc3oc(N)nc3c2)c2c(N)ncnc21.CC1(C)OB(c2ccc3oc(N)nc3c2)OC1(C)C.Nc1nc2cc(-c3nn(CC4CCNCC4)c4ncnc(N)c34)ccc2o1.Nc1ncnc2c1c(I)nn2CC1CCCCC1.Nc1ncnc2n[nH]c(I)c12.O=C(O)C(F)(F)F.O=CC(F)(F)F.O=CO[O-].[H-].[K+].[K+]. The second-order valence-electron chi connectivity index (χ2n) is 33.3. The second-order valence-corrected chi connectivity index (χ2v) is 36.1. The number of nitrogens with zero attached hydrogens (tertiary/aromatic N) is 18. The average Bonchev–Trinajstić information content (AvgIpc) is 1.62. The minimum atomic E-state index is -5.08. The van der Waals surface area contributed by atoms with E-state index >= 15 is 0 Å². The maximum absolute atomic E-state index is 12.2. The summed E-state index contributed by atoms with van der Waals surface area (Å²) in [6.07, 6.45) is 13.0. The van der Waals surface area contributed by atoms with Crippen LogP contribution in [0, 0.1) is 31.1 Å². The first-order valence-corrected chi connectivity index (χ1v) is 45.5. The minimum Gasteiger partial charge on any atom is -1.00 e. The van der Waals surface area contributed by atoms with Crippen LogP contribution in [0.1, 0.15) is 146 Å². The maximum Gasteiger partial charge on any atom is 1.00 e. The molecule has 19 N–H and O–H groups in total. The number of aliphatic carboxylic acids is 1. The summed E-state index contributed by atoms with van der Waals surface area (Å²) in [5, 5.41) is 44.2. The Morgan fingerprint density at radius 3 is 1.46 bits per heavy atom.